The van der Waals surface area contributed by atoms with Gasteiger partial charge in [0.1, 0.15) is 6.04 Å². The van der Waals surface area contributed by atoms with Crippen LogP contribution in [0.3, 0.4) is 0 Å². The molecule has 4 aromatic rings. The van der Waals surface area contributed by atoms with Crippen LogP contribution in [0.4, 0.5) is 0 Å². The van der Waals surface area contributed by atoms with Crippen LogP contribution in [-0.2, 0) is 0 Å². The summed E-state index contributed by atoms with van der Waals surface area (Å²) in [5, 5.41) is 21.0. The predicted octanol–water partition coefficient (Wildman–Crippen LogP) is 3.62. The first-order valence-corrected chi connectivity index (χ1v) is 8.37. The molecule has 4 rings (SSSR count). The van der Waals surface area contributed by atoms with Gasteiger partial charge in [0.2, 0.25) is 17.6 Å². The van der Waals surface area contributed by atoms with Crippen molar-refractivity contribution in [2.24, 2.45) is 0 Å². The van der Waals surface area contributed by atoms with Gasteiger partial charge in [-0.2, -0.15) is 4.80 Å². The molecule has 7 nitrogen and oxygen atoms in total. The zero-order chi connectivity index (χ0) is 18.1. The number of aryl methyl sites for hydroxylation is 2. The molecule has 0 fully saturated rings. The maximum atomic E-state index is 5.81. The van der Waals surface area contributed by atoms with Crippen molar-refractivity contribution in [3.05, 3.63) is 65.5 Å². The Morgan fingerprint density at radius 1 is 0.808 bits per heavy atom. The summed E-state index contributed by atoms with van der Waals surface area (Å²) in [7, 11) is 0. The second-order valence-corrected chi connectivity index (χ2v) is 6.29. The van der Waals surface area contributed by atoms with Gasteiger partial charge in [-0.25, -0.2) is 0 Å². The third kappa shape index (κ3) is 3.11. The summed E-state index contributed by atoms with van der Waals surface area (Å²) in [5.74, 6) is 1.48. The van der Waals surface area contributed by atoms with E-state index in [9.17, 15) is 0 Å². The lowest BCUT2D eigenvalue weighted by Gasteiger charge is -2.03. The van der Waals surface area contributed by atoms with Gasteiger partial charge in [0.25, 0.3) is 0 Å². The summed E-state index contributed by atoms with van der Waals surface area (Å²) in [5.41, 5.74) is 4.16. The van der Waals surface area contributed by atoms with Crippen LogP contribution < -0.4 is 0 Å². The van der Waals surface area contributed by atoms with E-state index in [-0.39, 0.29) is 6.04 Å². The molecule has 0 spiro atoms. The Morgan fingerprint density at radius 3 is 2.08 bits per heavy atom. The van der Waals surface area contributed by atoms with Crippen molar-refractivity contribution in [2.75, 3.05) is 0 Å². The van der Waals surface area contributed by atoms with Gasteiger partial charge in [-0.05, 0) is 38.1 Å². The quantitative estimate of drug-likeness (QED) is 0.561. The van der Waals surface area contributed by atoms with Gasteiger partial charge in [0.15, 0.2) is 0 Å². The Bertz CT molecular complexity index is 933. The highest BCUT2D eigenvalue weighted by Gasteiger charge is 2.20. The van der Waals surface area contributed by atoms with Gasteiger partial charge in [-0.3, -0.25) is 0 Å². The molecule has 1 atom stereocenters. The van der Waals surface area contributed by atoms with Crippen molar-refractivity contribution in [2.45, 2.75) is 26.8 Å². The minimum Gasteiger partial charge on any atom is -0.418 e. The van der Waals surface area contributed by atoms with Crippen molar-refractivity contribution in [3.8, 4) is 22.8 Å². The summed E-state index contributed by atoms with van der Waals surface area (Å²) < 4.78 is 5.81. The van der Waals surface area contributed by atoms with Crippen molar-refractivity contribution >= 4 is 0 Å². The summed E-state index contributed by atoms with van der Waals surface area (Å²) in [4.78, 5) is 1.49. The molecule has 130 valence electrons. The molecule has 0 unspecified atom stereocenters. The molecule has 0 aliphatic carbocycles. The lowest BCUT2D eigenvalue weighted by Crippen LogP contribution is -2.11. The third-order valence-corrected chi connectivity index (χ3v) is 4.18. The van der Waals surface area contributed by atoms with Crippen molar-refractivity contribution < 1.29 is 4.42 Å². The minimum absolute atomic E-state index is 0.312. The van der Waals surface area contributed by atoms with E-state index in [1.165, 1.54) is 15.9 Å². The van der Waals surface area contributed by atoms with Crippen LogP contribution in [0.5, 0.6) is 0 Å². The average Bonchev–Trinajstić information content (AvgIpc) is 3.32. The molecule has 0 aliphatic rings. The first-order chi connectivity index (χ1) is 12.6. The van der Waals surface area contributed by atoms with Crippen molar-refractivity contribution in [1.82, 2.24) is 30.4 Å². The number of hydrogen-bond acceptors (Lipinski definition) is 6. The highest BCUT2D eigenvalue weighted by molar-refractivity contribution is 5.54. The molecule has 0 saturated carbocycles. The standard InChI is InChI=1S/C19H18N6O/c1-12-4-8-15(9-5-12)17-20-24-25(23-17)14(3)18-21-22-19(26-18)16-10-6-13(2)7-11-16/h4-11,14H,1-3H3/t14-/m0/s1. The molecule has 0 saturated heterocycles. The van der Waals surface area contributed by atoms with E-state index in [4.69, 9.17) is 4.42 Å². The van der Waals surface area contributed by atoms with Crippen LogP contribution >= 0.6 is 0 Å². The van der Waals surface area contributed by atoms with Crippen molar-refractivity contribution in [1.29, 1.82) is 0 Å². The number of hydrogen-bond donors (Lipinski definition) is 0. The molecule has 2 aromatic heterocycles. The zero-order valence-electron chi connectivity index (χ0n) is 14.8. The largest absolute Gasteiger partial charge is 0.418 e. The Kier molecular flexibility index (Phi) is 4.04. The number of aromatic nitrogens is 6. The zero-order valence-corrected chi connectivity index (χ0v) is 14.8. The molecular formula is C19H18N6O. The van der Waals surface area contributed by atoms with E-state index in [1.54, 1.807) is 0 Å². The summed E-state index contributed by atoms with van der Waals surface area (Å²) in [6.45, 7) is 5.97. The fourth-order valence-electron chi connectivity index (χ4n) is 2.52. The Hall–Kier alpha value is -3.35. The Balaban J connectivity index is 1.57. The number of rotatable bonds is 4. The normalized spacial score (nSPS) is 12.3. The lowest BCUT2D eigenvalue weighted by molar-refractivity contribution is 0.382. The minimum atomic E-state index is -0.312. The van der Waals surface area contributed by atoms with Crippen LogP contribution in [-0.4, -0.2) is 30.4 Å². The van der Waals surface area contributed by atoms with E-state index >= 15 is 0 Å². The summed E-state index contributed by atoms with van der Waals surface area (Å²) >= 11 is 0. The Morgan fingerprint density at radius 2 is 1.42 bits per heavy atom. The van der Waals surface area contributed by atoms with Crippen LogP contribution in [0.15, 0.2) is 52.9 Å². The Labute approximate surface area is 150 Å². The van der Waals surface area contributed by atoms with Crippen LogP contribution in [0.2, 0.25) is 0 Å². The van der Waals surface area contributed by atoms with Gasteiger partial charge in [0, 0.05) is 11.1 Å². The maximum Gasteiger partial charge on any atom is 0.247 e. The monoisotopic (exact) mass is 346 g/mol. The number of tetrazole rings is 1. The van der Waals surface area contributed by atoms with E-state index in [0.717, 1.165) is 11.1 Å². The maximum absolute atomic E-state index is 5.81. The number of nitrogens with zero attached hydrogens (tertiary/aromatic N) is 6. The van der Waals surface area contributed by atoms with E-state index in [0.29, 0.717) is 17.6 Å². The molecule has 7 heteroatoms. The fraction of sp³-hybridized carbons (Fsp3) is 0.211. The first-order valence-electron chi connectivity index (χ1n) is 8.37. The highest BCUT2D eigenvalue weighted by Crippen LogP contribution is 2.23. The highest BCUT2D eigenvalue weighted by atomic mass is 16.4. The van der Waals surface area contributed by atoms with Gasteiger partial charge in [0.05, 0.1) is 0 Å². The summed E-state index contributed by atoms with van der Waals surface area (Å²) in [6.07, 6.45) is 0. The second-order valence-electron chi connectivity index (χ2n) is 6.29. The molecule has 0 amide bonds. The number of benzene rings is 2. The van der Waals surface area contributed by atoms with E-state index in [1.807, 2.05) is 69.3 Å². The fourth-order valence-corrected chi connectivity index (χ4v) is 2.52. The third-order valence-electron chi connectivity index (χ3n) is 4.18. The molecule has 2 heterocycles. The molecule has 0 aliphatic heterocycles. The molecular weight excluding hydrogens is 328 g/mol. The second kappa shape index (κ2) is 6.51. The van der Waals surface area contributed by atoms with Gasteiger partial charge < -0.3 is 4.42 Å². The van der Waals surface area contributed by atoms with Crippen LogP contribution in [0, 0.1) is 13.8 Å². The molecule has 0 bridgehead atoms. The smallest absolute Gasteiger partial charge is 0.247 e. The average molecular weight is 346 g/mol. The molecule has 2 aromatic carbocycles. The lowest BCUT2D eigenvalue weighted by atomic mass is 10.1. The topological polar surface area (TPSA) is 82.5 Å². The van der Waals surface area contributed by atoms with Gasteiger partial charge >= 0.3 is 0 Å². The van der Waals surface area contributed by atoms with Gasteiger partial charge in [-0.1, -0.05) is 47.5 Å². The van der Waals surface area contributed by atoms with Crippen LogP contribution in [0.1, 0.15) is 30.0 Å². The molecule has 0 N–H and O–H groups in total. The SMILES string of the molecule is Cc1ccc(-c2nnn([C@@H](C)c3nnc(-c4ccc(C)cc4)o3)n2)cc1. The predicted molar refractivity (Wildman–Crippen MR) is 96.3 cm³/mol. The van der Waals surface area contributed by atoms with E-state index < -0.39 is 0 Å². The first kappa shape index (κ1) is 16.1. The van der Waals surface area contributed by atoms with Crippen LogP contribution in [0.25, 0.3) is 22.8 Å². The summed E-state index contributed by atoms with van der Waals surface area (Å²) in [6, 6.07) is 15.6. The van der Waals surface area contributed by atoms with E-state index in [2.05, 4.69) is 25.6 Å². The van der Waals surface area contributed by atoms with Crippen molar-refractivity contribution in [3.63, 3.8) is 0 Å². The molecule has 0 radical (unpaired) electrons. The molecule has 26 heavy (non-hydrogen) atoms. The van der Waals surface area contributed by atoms with Gasteiger partial charge in [-0.15, -0.1) is 20.4 Å².